The molecule has 0 fully saturated rings. The third-order valence-electron chi connectivity index (χ3n) is 1.92. The average molecular weight is 287 g/mol. The van der Waals surface area contributed by atoms with Crippen LogP contribution in [0.25, 0.3) is 0 Å². The number of hydrogen-bond donors (Lipinski definition) is 2. The Labute approximate surface area is 137 Å². The molecule has 2 rings (SSSR count). The maximum atomic E-state index is 10.4. The fourth-order valence-electron chi connectivity index (χ4n) is 1.10. The van der Waals surface area contributed by atoms with E-state index in [0.29, 0.717) is 0 Å². The summed E-state index contributed by atoms with van der Waals surface area (Å²) in [5.41, 5.74) is -0.0372. The molecule has 7 heteroatoms. The maximum Gasteiger partial charge on any atom is 0.0267 e. The predicted octanol–water partition coefficient (Wildman–Crippen LogP) is 0.691. The molecule has 0 bridgehead atoms. The number of carboxylic acid groups (broad SMARTS) is 2. The maximum absolute atomic E-state index is 10.4. The van der Waals surface area contributed by atoms with Crippen LogP contribution in [0.1, 0.15) is 20.7 Å². The number of aromatic nitrogens is 1. The van der Waals surface area contributed by atoms with Gasteiger partial charge in [0, 0.05) is 12.4 Å². The van der Waals surface area contributed by atoms with Crippen molar-refractivity contribution >= 4 is 41.5 Å². The second-order valence-electron chi connectivity index (χ2n) is 3.22. The van der Waals surface area contributed by atoms with Gasteiger partial charge in [-0.15, -0.1) is 0 Å². The molecule has 0 aliphatic rings. The van der Waals surface area contributed by atoms with Crippen molar-refractivity contribution in [2.45, 2.75) is 0 Å². The Morgan fingerprint density at radius 2 is 1.30 bits per heavy atom. The molecule has 0 aliphatic carbocycles. The summed E-state index contributed by atoms with van der Waals surface area (Å²) in [6.07, 6.45) is 3.50. The monoisotopic (exact) mass is 287 g/mol. The van der Waals surface area contributed by atoms with Gasteiger partial charge in [-0.25, -0.2) is 9.59 Å². The second kappa shape index (κ2) is 11.1. The van der Waals surface area contributed by atoms with E-state index in [-0.39, 0.29) is 46.2 Å². The molecule has 0 spiro atoms. The van der Waals surface area contributed by atoms with Gasteiger partial charge in [0.1, 0.15) is 0 Å². The van der Waals surface area contributed by atoms with Crippen LogP contribution in [0.4, 0.5) is 0 Å². The smallest absolute Gasteiger partial charge is 0.0267 e. The molecule has 1 aromatic heterocycles. The topological polar surface area (TPSA) is 119 Å². The molecule has 0 atom stereocenters. The number of pyridine rings is 1. The van der Waals surface area contributed by atoms with Crippen molar-refractivity contribution in [3.8, 4) is 0 Å². The van der Waals surface area contributed by atoms with Crippen LogP contribution in [0.15, 0.2) is 54.9 Å². The van der Waals surface area contributed by atoms with E-state index in [1.807, 2.05) is 18.2 Å². The first-order valence-corrected chi connectivity index (χ1v) is 5.03. The third-order valence-corrected chi connectivity index (χ3v) is 1.92. The average Bonchev–Trinajstić information content (AvgIpc) is 2.41. The van der Waals surface area contributed by atoms with Gasteiger partial charge in [0.25, 0.3) is 0 Å². The van der Waals surface area contributed by atoms with Gasteiger partial charge in [0.15, 0.2) is 0 Å². The predicted molar refractivity (Wildman–Crippen MR) is 75.4 cm³/mol. The van der Waals surface area contributed by atoms with Crippen molar-refractivity contribution < 1.29 is 25.3 Å². The summed E-state index contributed by atoms with van der Waals surface area (Å²) in [6, 6.07) is 10.9. The summed E-state index contributed by atoms with van der Waals surface area (Å²) in [6.45, 7) is 0. The Bertz CT molecular complexity index is 477. The molecule has 0 unspecified atom stereocenters. The van der Waals surface area contributed by atoms with Gasteiger partial charge in [0.2, 0.25) is 0 Å². The summed E-state index contributed by atoms with van der Waals surface area (Å²) in [4.78, 5) is 24.6. The number of nitrogens with zero attached hydrogens (tertiary/aromatic N) is 1. The van der Waals surface area contributed by atoms with Gasteiger partial charge in [-0.3, -0.25) is 4.98 Å². The molecule has 2 aromatic rings. The van der Waals surface area contributed by atoms with E-state index in [1.54, 1.807) is 12.4 Å². The van der Waals surface area contributed by atoms with Gasteiger partial charge in [0.05, 0.1) is 11.1 Å². The zero-order valence-corrected chi connectivity index (χ0v) is 9.85. The van der Waals surface area contributed by atoms with Crippen molar-refractivity contribution in [1.29, 1.82) is 0 Å². The molecule has 0 radical (unpaired) electrons. The molecule has 0 aliphatic heterocycles. The zero-order chi connectivity index (χ0) is 13.4. The Balaban J connectivity index is 0. The van der Waals surface area contributed by atoms with Gasteiger partial charge in [-0.05, 0) is 30.3 Å². The van der Waals surface area contributed by atoms with Crippen LogP contribution in [0, 0.1) is 0 Å². The number of rotatable bonds is 2. The Kier molecular flexibility index (Phi) is 11.5. The van der Waals surface area contributed by atoms with Crippen LogP contribution in [0.5, 0.6) is 0 Å². The number of carboxylic acids is 2. The van der Waals surface area contributed by atoms with E-state index in [1.165, 1.54) is 18.2 Å². The van der Waals surface area contributed by atoms with E-state index in [2.05, 4.69) is 4.98 Å². The fraction of sp³-hybridized carbons (Fsp3) is 0. The molecule has 0 saturated carbocycles. The minimum Gasteiger partial charge on any atom is -0.265 e. The largest absolute Gasteiger partial charge is 0.265 e. The molecule has 1 aromatic carbocycles. The van der Waals surface area contributed by atoms with E-state index in [9.17, 15) is 9.59 Å². The van der Waals surface area contributed by atoms with Crippen molar-refractivity contribution in [1.82, 2.24) is 4.98 Å². The van der Waals surface area contributed by atoms with Crippen LogP contribution >= 0.6 is 0 Å². The quantitative estimate of drug-likeness (QED) is 0.787. The van der Waals surface area contributed by atoms with Crippen LogP contribution in [0.2, 0.25) is 0 Å². The first kappa shape index (κ1) is 20.6. The van der Waals surface area contributed by atoms with Gasteiger partial charge in [-0.1, -0.05) is 12.1 Å². The minimum atomic E-state index is -1.13. The fourth-order valence-corrected chi connectivity index (χ4v) is 1.10. The number of carbonyl (C=O) groups is 2. The van der Waals surface area contributed by atoms with E-state index >= 15 is 0 Å². The summed E-state index contributed by atoms with van der Waals surface area (Å²) in [5.74, 6) is -2.25. The van der Waals surface area contributed by atoms with Crippen molar-refractivity contribution in [2.75, 3.05) is 0 Å². The molecule has 0 saturated heterocycles. The summed E-state index contributed by atoms with van der Waals surface area (Å²) in [7, 11) is 0. The minimum absolute atomic E-state index is 0. The molecule has 1 heterocycles. The van der Waals surface area contributed by atoms with Crippen molar-refractivity contribution in [3.63, 3.8) is 0 Å². The number of aromatic carboxylic acids is 2. The number of benzene rings is 1. The van der Waals surface area contributed by atoms with Crippen molar-refractivity contribution in [3.05, 3.63) is 66.0 Å². The summed E-state index contributed by atoms with van der Waals surface area (Å²) < 4.78 is 0. The molecule has 6 nitrogen and oxygen atoms in total. The molecule has 4 N–H and O–H groups in total. The van der Waals surface area contributed by atoms with Gasteiger partial charge < -0.3 is 15.7 Å². The normalized spacial score (nSPS) is 8.00. The SMILES string of the molecule is O.O=C(O)c1cccc(C(=O)O)c1.[NaH].c1ccncc1. The Morgan fingerprint density at radius 1 is 0.850 bits per heavy atom. The summed E-state index contributed by atoms with van der Waals surface area (Å²) >= 11 is 0. The summed E-state index contributed by atoms with van der Waals surface area (Å²) in [5, 5.41) is 17.0. The molecular weight excluding hydrogens is 273 g/mol. The zero-order valence-electron chi connectivity index (χ0n) is 9.85. The molecular formula is C13H14NNaO5. The third kappa shape index (κ3) is 7.65. The molecule has 0 amide bonds. The first-order valence-electron chi connectivity index (χ1n) is 5.03. The van der Waals surface area contributed by atoms with E-state index in [0.717, 1.165) is 6.07 Å². The Hall–Kier alpha value is -1.73. The number of hydrogen-bond acceptors (Lipinski definition) is 3. The first-order chi connectivity index (χ1) is 8.61. The van der Waals surface area contributed by atoms with Crippen LogP contribution < -0.4 is 0 Å². The van der Waals surface area contributed by atoms with E-state index in [4.69, 9.17) is 10.2 Å². The standard InChI is InChI=1S/C8H6O4.C5H5N.Na.H2O.H/c9-7(10)5-2-1-3-6(4-5)8(11)12;1-2-4-6-5-3-1;;;/h1-4H,(H,9,10)(H,11,12);1-5H;;1H2;. The Morgan fingerprint density at radius 3 is 1.55 bits per heavy atom. The van der Waals surface area contributed by atoms with Crippen molar-refractivity contribution in [2.24, 2.45) is 0 Å². The van der Waals surface area contributed by atoms with Crippen LogP contribution in [-0.2, 0) is 0 Å². The van der Waals surface area contributed by atoms with Gasteiger partial charge in [-0.2, -0.15) is 0 Å². The van der Waals surface area contributed by atoms with Gasteiger partial charge >= 0.3 is 41.5 Å². The van der Waals surface area contributed by atoms with Crippen LogP contribution in [0.3, 0.4) is 0 Å². The second-order valence-corrected chi connectivity index (χ2v) is 3.22. The van der Waals surface area contributed by atoms with Crippen LogP contribution in [-0.4, -0.2) is 62.2 Å². The molecule has 102 valence electrons. The molecule has 20 heavy (non-hydrogen) atoms. The van der Waals surface area contributed by atoms with E-state index < -0.39 is 11.9 Å².